The summed E-state index contributed by atoms with van der Waals surface area (Å²) in [5.74, 6) is 1.98. The second-order valence-corrected chi connectivity index (χ2v) is 15.4. The molecule has 0 bridgehead atoms. The lowest BCUT2D eigenvalue weighted by Gasteiger charge is -2.15. The van der Waals surface area contributed by atoms with Gasteiger partial charge in [0.2, 0.25) is 0 Å². The third-order valence-electron chi connectivity index (χ3n) is 11.8. The van der Waals surface area contributed by atoms with Crippen LogP contribution in [0.4, 0.5) is 0 Å². The fourth-order valence-electron chi connectivity index (χ4n) is 8.94. The highest BCUT2D eigenvalue weighted by atomic mass is 16.3. The molecule has 282 valence electrons. The number of furan rings is 2. The van der Waals surface area contributed by atoms with Crippen LogP contribution in [-0.2, 0) is 0 Å². The molecule has 5 heteroatoms. The van der Waals surface area contributed by atoms with E-state index in [1.165, 1.54) is 16.5 Å². The van der Waals surface area contributed by atoms with Crippen LogP contribution in [0.1, 0.15) is 24.2 Å². The normalized spacial score (nSPS) is 13.1. The second-order valence-electron chi connectivity index (χ2n) is 15.4. The molecule has 0 unspecified atom stereocenters. The van der Waals surface area contributed by atoms with Gasteiger partial charge in [0.15, 0.2) is 17.5 Å². The van der Waals surface area contributed by atoms with Gasteiger partial charge in [-0.2, -0.15) is 0 Å². The summed E-state index contributed by atoms with van der Waals surface area (Å²) in [5.41, 5.74) is 13.0. The third-order valence-corrected chi connectivity index (χ3v) is 11.8. The Morgan fingerprint density at radius 1 is 0.400 bits per heavy atom. The lowest BCUT2D eigenvalue weighted by molar-refractivity contribution is 0.668. The molecule has 0 radical (unpaired) electrons. The Hall–Kier alpha value is -7.89. The molecule has 60 heavy (non-hydrogen) atoms. The van der Waals surface area contributed by atoms with E-state index in [4.69, 9.17) is 23.8 Å². The van der Waals surface area contributed by atoms with Crippen LogP contribution in [0.25, 0.3) is 111 Å². The summed E-state index contributed by atoms with van der Waals surface area (Å²) in [4.78, 5) is 15.6. The predicted molar refractivity (Wildman–Crippen MR) is 245 cm³/mol. The second kappa shape index (κ2) is 13.9. The minimum absolute atomic E-state index is 0.633. The molecule has 0 saturated heterocycles. The quantitative estimate of drug-likeness (QED) is 0.168. The van der Waals surface area contributed by atoms with E-state index in [9.17, 15) is 0 Å². The molecule has 3 heterocycles. The van der Waals surface area contributed by atoms with Crippen molar-refractivity contribution in [1.29, 1.82) is 0 Å². The summed E-state index contributed by atoms with van der Waals surface area (Å²) in [6, 6.07) is 61.1. The number of rotatable bonds is 6. The monoisotopic (exact) mass is 769 g/mol. The van der Waals surface area contributed by atoms with Gasteiger partial charge in [0.1, 0.15) is 22.3 Å². The zero-order valence-corrected chi connectivity index (χ0v) is 32.5. The van der Waals surface area contributed by atoms with Gasteiger partial charge in [-0.15, -0.1) is 0 Å². The first-order valence-corrected chi connectivity index (χ1v) is 20.4. The van der Waals surface area contributed by atoms with E-state index in [2.05, 4.69) is 170 Å². The molecule has 0 N–H and O–H groups in total. The van der Waals surface area contributed by atoms with Crippen molar-refractivity contribution in [2.45, 2.75) is 12.8 Å². The Bertz CT molecular complexity index is 3550. The largest absolute Gasteiger partial charge is 0.456 e. The molecule has 0 atom stereocenters. The fourth-order valence-corrected chi connectivity index (χ4v) is 8.94. The van der Waals surface area contributed by atoms with Gasteiger partial charge < -0.3 is 8.83 Å². The summed E-state index contributed by atoms with van der Waals surface area (Å²) in [6.07, 6.45) is 6.31. The van der Waals surface area contributed by atoms with Crippen LogP contribution in [0.5, 0.6) is 0 Å². The minimum atomic E-state index is 0.633. The summed E-state index contributed by atoms with van der Waals surface area (Å²) >= 11 is 0. The summed E-state index contributed by atoms with van der Waals surface area (Å²) in [6.45, 7) is 0. The van der Waals surface area contributed by atoms with E-state index in [1.54, 1.807) is 0 Å². The van der Waals surface area contributed by atoms with Crippen molar-refractivity contribution >= 4 is 65.8 Å². The van der Waals surface area contributed by atoms with Crippen LogP contribution in [-0.4, -0.2) is 15.0 Å². The van der Waals surface area contributed by atoms with Crippen LogP contribution in [0.15, 0.2) is 197 Å². The van der Waals surface area contributed by atoms with Crippen molar-refractivity contribution in [3.63, 3.8) is 0 Å². The molecule has 0 saturated carbocycles. The first-order valence-electron chi connectivity index (χ1n) is 20.4. The molecule has 1 aliphatic carbocycles. The number of para-hydroxylation sites is 2. The van der Waals surface area contributed by atoms with Crippen molar-refractivity contribution in [2.75, 3.05) is 0 Å². The maximum Gasteiger partial charge on any atom is 0.164 e. The van der Waals surface area contributed by atoms with Gasteiger partial charge in [-0.3, -0.25) is 0 Å². The topological polar surface area (TPSA) is 65.0 Å². The van der Waals surface area contributed by atoms with Crippen LogP contribution < -0.4 is 0 Å². The molecule has 12 rings (SSSR count). The van der Waals surface area contributed by atoms with Crippen molar-refractivity contribution in [2.24, 2.45) is 0 Å². The smallest absolute Gasteiger partial charge is 0.164 e. The number of nitrogens with zero attached hydrogens (tertiary/aromatic N) is 3. The van der Waals surface area contributed by atoms with Crippen molar-refractivity contribution in [1.82, 2.24) is 15.0 Å². The van der Waals surface area contributed by atoms with E-state index in [1.807, 2.05) is 18.2 Å². The molecule has 0 amide bonds. The van der Waals surface area contributed by atoms with Crippen molar-refractivity contribution in [3.8, 4) is 45.0 Å². The maximum atomic E-state index is 6.80. The van der Waals surface area contributed by atoms with Gasteiger partial charge in [-0.05, 0) is 93.4 Å². The number of aromatic nitrogens is 3. The first kappa shape index (κ1) is 34.2. The van der Waals surface area contributed by atoms with Crippen LogP contribution in [0.2, 0.25) is 0 Å². The number of fused-ring (bicyclic) bond motifs is 7. The Morgan fingerprint density at radius 3 is 1.90 bits per heavy atom. The number of hydrogen-bond acceptors (Lipinski definition) is 5. The average Bonchev–Trinajstić information content (AvgIpc) is 3.91. The van der Waals surface area contributed by atoms with E-state index in [-0.39, 0.29) is 0 Å². The lowest BCUT2D eigenvalue weighted by atomic mass is 9.94. The van der Waals surface area contributed by atoms with Crippen LogP contribution >= 0.6 is 0 Å². The highest BCUT2D eigenvalue weighted by Crippen LogP contribution is 2.44. The fraction of sp³-hybridized carbons (Fsp3) is 0.0364. The minimum Gasteiger partial charge on any atom is -0.456 e. The maximum absolute atomic E-state index is 6.80. The molecule has 3 aromatic heterocycles. The predicted octanol–water partition coefficient (Wildman–Crippen LogP) is 14.8. The summed E-state index contributed by atoms with van der Waals surface area (Å²) < 4.78 is 13.1. The highest BCUT2D eigenvalue weighted by molar-refractivity contribution is 6.19. The molecule has 5 nitrogen and oxygen atoms in total. The van der Waals surface area contributed by atoms with E-state index >= 15 is 0 Å². The van der Waals surface area contributed by atoms with Crippen molar-refractivity contribution in [3.05, 3.63) is 199 Å². The molecule has 11 aromatic rings. The van der Waals surface area contributed by atoms with Gasteiger partial charge in [-0.1, -0.05) is 152 Å². The van der Waals surface area contributed by atoms with Gasteiger partial charge in [0, 0.05) is 38.2 Å². The highest BCUT2D eigenvalue weighted by Gasteiger charge is 2.21. The number of hydrogen-bond donors (Lipinski definition) is 0. The molecule has 1 aliphatic rings. The SMILES string of the molecule is C1=C(c2ccccc2)C=C(c2nc(-c3cccc(-c4cccc5oc6c(-c7cccc8oc9ccccc9c78)cccc6c45)c3)nc(-c3ccc4ccccc4c3)n2)CC1. The van der Waals surface area contributed by atoms with Crippen LogP contribution in [0.3, 0.4) is 0 Å². The zero-order valence-electron chi connectivity index (χ0n) is 32.5. The zero-order chi connectivity index (χ0) is 39.6. The lowest BCUT2D eigenvalue weighted by Crippen LogP contribution is -2.04. The Kier molecular flexibility index (Phi) is 7.91. The van der Waals surface area contributed by atoms with Crippen LogP contribution in [0, 0.1) is 0 Å². The van der Waals surface area contributed by atoms with E-state index < -0.39 is 0 Å². The first-order chi connectivity index (χ1) is 29.7. The Balaban J connectivity index is 1.00. The Labute approximate surface area is 345 Å². The molecule has 0 fully saturated rings. The summed E-state index contributed by atoms with van der Waals surface area (Å²) in [7, 11) is 0. The van der Waals surface area contributed by atoms with E-state index in [0.29, 0.717) is 17.5 Å². The molecule has 0 aliphatic heterocycles. The number of benzene rings is 8. The molecular formula is C55H35N3O2. The standard InChI is InChI=1S/C55H35N3O2/c1-2-13-34(14-3-1)37-17-8-19-39(31-37)53-56-54(58-55(57-53)41-30-29-35-15-4-5-16-36(35)32-41)40-20-9-18-38(33-40)42-22-11-28-49-50(42)46-25-10-24-44(52(46)60-49)43-23-12-27-48-51(43)45-21-6-7-26-47(45)59-48/h1-7,9-18,20-33H,8,19H2. The molecule has 8 aromatic carbocycles. The third kappa shape index (κ3) is 5.74. The molecule has 0 spiro atoms. The molecular weight excluding hydrogens is 735 g/mol. The summed E-state index contributed by atoms with van der Waals surface area (Å²) in [5, 5.41) is 6.62. The van der Waals surface area contributed by atoms with Gasteiger partial charge in [0.05, 0.1) is 0 Å². The number of allylic oxidation sites excluding steroid dienone is 4. The average molecular weight is 770 g/mol. The van der Waals surface area contributed by atoms with Gasteiger partial charge in [0.25, 0.3) is 0 Å². The van der Waals surface area contributed by atoms with Gasteiger partial charge >= 0.3 is 0 Å². The van der Waals surface area contributed by atoms with E-state index in [0.717, 1.165) is 101 Å². The Morgan fingerprint density at radius 2 is 1.02 bits per heavy atom. The van der Waals surface area contributed by atoms with Crippen molar-refractivity contribution < 1.29 is 8.83 Å². The van der Waals surface area contributed by atoms with Gasteiger partial charge in [-0.25, -0.2) is 15.0 Å².